The molecule has 1 aliphatic carbocycles. The van der Waals surface area contributed by atoms with Crippen molar-refractivity contribution in [2.45, 2.75) is 81.4 Å². The Morgan fingerprint density at radius 1 is 1.10 bits per heavy atom. The van der Waals surface area contributed by atoms with Gasteiger partial charge in [0.05, 0.1) is 48.2 Å². The molecule has 0 saturated heterocycles. The summed E-state index contributed by atoms with van der Waals surface area (Å²) in [4.78, 5) is 32.7. The van der Waals surface area contributed by atoms with Crippen molar-refractivity contribution in [1.29, 1.82) is 0 Å². The number of oxime groups is 1. The van der Waals surface area contributed by atoms with Gasteiger partial charge in [0.15, 0.2) is 0 Å². The average molecular weight is 745 g/mol. The number of benzene rings is 2. The topological polar surface area (TPSA) is 194 Å². The van der Waals surface area contributed by atoms with E-state index in [1.807, 2.05) is 35.7 Å². The summed E-state index contributed by atoms with van der Waals surface area (Å²) in [5.74, 6) is -0.633. The maximum Gasteiger partial charge on any atom is 0.318 e. The Hall–Kier alpha value is -3.93. The van der Waals surface area contributed by atoms with Crippen LogP contribution < -0.4 is 10.6 Å². The van der Waals surface area contributed by atoms with Crippen LogP contribution in [0.15, 0.2) is 70.0 Å². The van der Waals surface area contributed by atoms with Gasteiger partial charge in [0.25, 0.3) is 0 Å². The molecule has 16 heteroatoms. The van der Waals surface area contributed by atoms with Gasteiger partial charge in [-0.15, -0.1) is 11.3 Å². The Morgan fingerprint density at radius 3 is 2.41 bits per heavy atom. The van der Waals surface area contributed by atoms with Crippen molar-refractivity contribution in [2.24, 2.45) is 11.1 Å². The van der Waals surface area contributed by atoms with Gasteiger partial charge >= 0.3 is 6.03 Å². The molecule has 0 aliphatic heterocycles. The number of nitrogens with one attached hydrogen (secondary N) is 2. The molecule has 1 fully saturated rings. The van der Waals surface area contributed by atoms with E-state index in [4.69, 9.17) is 9.94 Å². The number of urea groups is 1. The van der Waals surface area contributed by atoms with Crippen molar-refractivity contribution in [2.75, 3.05) is 27.2 Å². The molecule has 1 aromatic heterocycles. The van der Waals surface area contributed by atoms with E-state index >= 15 is 0 Å². The Morgan fingerprint density at radius 2 is 1.78 bits per heavy atom. The second-order valence-electron chi connectivity index (χ2n) is 12.8. The van der Waals surface area contributed by atoms with Gasteiger partial charge in [-0.25, -0.2) is 18.2 Å². The summed E-state index contributed by atoms with van der Waals surface area (Å²) in [7, 11) is -0.988. The van der Waals surface area contributed by atoms with Crippen molar-refractivity contribution in [3.63, 3.8) is 0 Å². The summed E-state index contributed by atoms with van der Waals surface area (Å²) < 4.78 is 34.4. The van der Waals surface area contributed by atoms with E-state index in [0.29, 0.717) is 17.9 Å². The number of carbonyl (C=O) groups is 2. The van der Waals surface area contributed by atoms with Gasteiger partial charge in [0.1, 0.15) is 11.0 Å². The predicted molar refractivity (Wildman–Crippen MR) is 193 cm³/mol. The highest BCUT2D eigenvalue weighted by Gasteiger charge is 2.35. The van der Waals surface area contributed by atoms with E-state index in [0.717, 1.165) is 36.3 Å². The number of aliphatic hydroxyl groups is 2. The summed E-state index contributed by atoms with van der Waals surface area (Å²) in [6.07, 6.45) is 2.36. The number of nitrogens with zero attached hydrogens (tertiary/aromatic N) is 4. The van der Waals surface area contributed by atoms with Gasteiger partial charge in [-0.2, -0.15) is 4.31 Å². The minimum absolute atomic E-state index is 0.0139. The highest BCUT2D eigenvalue weighted by atomic mass is 32.2. The molecule has 1 saturated carbocycles. The number of hydrogen-bond donors (Lipinski definition) is 5. The van der Waals surface area contributed by atoms with E-state index < -0.39 is 46.3 Å². The van der Waals surface area contributed by atoms with Crippen LogP contribution in [0.25, 0.3) is 0 Å². The number of ether oxygens (including phenoxy) is 1. The zero-order valence-electron chi connectivity index (χ0n) is 29.1. The number of carbonyl (C=O) groups excluding carboxylic acids is 2. The third-order valence-corrected chi connectivity index (χ3v) is 11.5. The fraction of sp³-hybridized carbons (Fsp3) is 0.486. The lowest BCUT2D eigenvalue weighted by Crippen LogP contribution is -2.59. The quantitative estimate of drug-likeness (QED) is 0.0740. The van der Waals surface area contributed by atoms with Crippen LogP contribution in [0.5, 0.6) is 0 Å². The van der Waals surface area contributed by atoms with Crippen LogP contribution in [-0.4, -0.2) is 108 Å². The summed E-state index contributed by atoms with van der Waals surface area (Å²) in [6, 6.07) is 12.0. The molecule has 1 aliphatic rings. The van der Waals surface area contributed by atoms with E-state index in [9.17, 15) is 28.2 Å². The van der Waals surface area contributed by atoms with Gasteiger partial charge in [0.2, 0.25) is 15.9 Å². The second-order valence-corrected chi connectivity index (χ2v) is 15.7. The van der Waals surface area contributed by atoms with Crippen molar-refractivity contribution >= 4 is 39.5 Å². The fourth-order valence-corrected chi connectivity index (χ4v) is 8.32. The van der Waals surface area contributed by atoms with E-state index in [1.165, 1.54) is 65.0 Å². The number of aromatic nitrogens is 1. The van der Waals surface area contributed by atoms with Crippen molar-refractivity contribution in [3.8, 4) is 0 Å². The van der Waals surface area contributed by atoms with Crippen LogP contribution in [0.3, 0.4) is 0 Å². The average Bonchev–Trinajstić information content (AvgIpc) is 3.79. The standard InChI is InChI=1S/C35H48N6O8S2/c1-24(42)33(39-35(45)40(2)20-28-23-50-32(37-28)22-49-3)34(44)38-30(17-25-9-5-4-6-10-25)31(43)21-41(19-27-11-7-8-12-27)51(47,48)29-15-13-26(14-16-29)18-36-46/h4-6,9-10,13-16,18,23-24,27,30-31,33,42-43,46H,7-8,11-12,17,19-22H2,1-3H3,(H,38,44)(H,39,45)/b36-18+/t24-,30-,31?,33+/m0/s1. The van der Waals surface area contributed by atoms with Gasteiger partial charge in [-0.1, -0.05) is 60.5 Å². The molecule has 2 aromatic carbocycles. The molecule has 0 radical (unpaired) electrons. The predicted octanol–water partition coefficient (Wildman–Crippen LogP) is 2.96. The molecule has 278 valence electrons. The zero-order valence-corrected chi connectivity index (χ0v) is 30.7. The highest BCUT2D eigenvalue weighted by Crippen LogP contribution is 2.28. The molecule has 4 atom stereocenters. The lowest BCUT2D eigenvalue weighted by molar-refractivity contribution is -0.127. The third kappa shape index (κ3) is 11.5. The number of thiazole rings is 1. The number of amides is 3. The molecular weight excluding hydrogens is 697 g/mol. The first-order chi connectivity index (χ1) is 24.4. The van der Waals surface area contributed by atoms with Crippen LogP contribution in [0.4, 0.5) is 4.79 Å². The molecule has 5 N–H and O–H groups in total. The lowest BCUT2D eigenvalue weighted by Gasteiger charge is -2.32. The summed E-state index contributed by atoms with van der Waals surface area (Å²) in [6.45, 7) is 1.75. The Balaban J connectivity index is 1.54. The Kier molecular flexibility index (Phi) is 14.9. The number of sulfonamides is 1. The molecule has 0 spiro atoms. The molecule has 0 bridgehead atoms. The Labute approximate surface area is 303 Å². The normalized spacial score (nSPS) is 16.2. The summed E-state index contributed by atoms with van der Waals surface area (Å²) in [5.41, 5.74) is 1.93. The monoisotopic (exact) mass is 744 g/mol. The maximum absolute atomic E-state index is 14.0. The van der Waals surface area contributed by atoms with Crippen LogP contribution in [0, 0.1) is 5.92 Å². The first-order valence-corrected chi connectivity index (χ1v) is 19.1. The van der Waals surface area contributed by atoms with Crippen molar-refractivity contribution < 1.29 is 38.2 Å². The van der Waals surface area contributed by atoms with Gasteiger partial charge in [0, 0.05) is 32.6 Å². The molecule has 51 heavy (non-hydrogen) atoms. The third-order valence-electron chi connectivity index (χ3n) is 8.80. The Bertz CT molecular complexity index is 1680. The highest BCUT2D eigenvalue weighted by molar-refractivity contribution is 7.89. The zero-order chi connectivity index (χ0) is 37.0. The van der Waals surface area contributed by atoms with Crippen LogP contribution in [0.2, 0.25) is 0 Å². The van der Waals surface area contributed by atoms with Crippen LogP contribution in [-0.2, 0) is 39.1 Å². The van der Waals surface area contributed by atoms with Gasteiger partial charge in [-0.3, -0.25) is 4.79 Å². The van der Waals surface area contributed by atoms with Crippen molar-refractivity contribution in [1.82, 2.24) is 24.8 Å². The molecule has 14 nitrogen and oxygen atoms in total. The van der Waals surface area contributed by atoms with Gasteiger partial charge in [-0.05, 0) is 55.4 Å². The maximum atomic E-state index is 14.0. The molecule has 1 heterocycles. The van der Waals surface area contributed by atoms with Crippen molar-refractivity contribution in [3.05, 3.63) is 81.8 Å². The first kappa shape index (κ1) is 39.8. The first-order valence-electron chi connectivity index (χ1n) is 16.8. The van der Waals surface area contributed by atoms with Gasteiger partial charge < -0.3 is 35.7 Å². The summed E-state index contributed by atoms with van der Waals surface area (Å²) in [5, 5.41) is 42.2. The number of methoxy groups -OCH3 is 1. The van der Waals surface area contributed by atoms with E-state index in [-0.39, 0.29) is 36.9 Å². The lowest BCUT2D eigenvalue weighted by atomic mass is 9.99. The second kappa shape index (κ2) is 19.1. The molecular formula is C35H48N6O8S2. The number of rotatable bonds is 18. The van der Waals surface area contributed by atoms with E-state index in [2.05, 4.69) is 20.8 Å². The molecule has 3 amide bonds. The summed E-state index contributed by atoms with van der Waals surface area (Å²) >= 11 is 1.40. The largest absolute Gasteiger partial charge is 0.411 e. The fourth-order valence-electron chi connectivity index (χ4n) is 6.03. The van der Waals surface area contributed by atoms with Crippen LogP contribution >= 0.6 is 11.3 Å². The van der Waals surface area contributed by atoms with Crippen LogP contribution in [0.1, 0.15) is 54.4 Å². The minimum atomic E-state index is -4.09. The molecule has 3 aromatic rings. The molecule has 1 unspecified atom stereocenters. The number of hydrogen-bond acceptors (Lipinski definition) is 11. The van der Waals surface area contributed by atoms with E-state index in [1.54, 1.807) is 7.11 Å². The minimum Gasteiger partial charge on any atom is -0.411 e. The SMILES string of the molecule is COCc1nc(CN(C)C(=O)N[C@@H](C(=O)N[C@@H](Cc2ccccc2)C(O)CN(CC2CCCC2)S(=O)(=O)c2ccc(/C=N/O)cc2)[C@H](C)O)cs1. The smallest absolute Gasteiger partial charge is 0.318 e. The number of aliphatic hydroxyl groups excluding tert-OH is 2. The molecule has 4 rings (SSSR count).